The quantitative estimate of drug-likeness (QED) is 0.653. The van der Waals surface area contributed by atoms with Crippen LogP contribution in [0.2, 0.25) is 0 Å². The van der Waals surface area contributed by atoms with Gasteiger partial charge in [-0.2, -0.15) is 0 Å². The van der Waals surface area contributed by atoms with Crippen LogP contribution in [0.1, 0.15) is 5.56 Å². The van der Waals surface area contributed by atoms with E-state index in [-0.39, 0.29) is 0 Å². The summed E-state index contributed by atoms with van der Waals surface area (Å²) in [5.41, 5.74) is 2.20. The normalized spacial score (nSPS) is 9.93. The number of fused-ring (bicyclic) bond motifs is 1. The van der Waals surface area contributed by atoms with E-state index in [2.05, 4.69) is 28.0 Å². The lowest BCUT2D eigenvalue weighted by Crippen LogP contribution is -1.88. The molecule has 2 aromatic rings. The summed E-state index contributed by atoms with van der Waals surface area (Å²) >= 11 is 0. The van der Waals surface area contributed by atoms with Gasteiger partial charge in [-0.05, 0) is 17.7 Å². The highest BCUT2D eigenvalue weighted by Gasteiger charge is 1.97. The van der Waals surface area contributed by atoms with E-state index in [0.717, 1.165) is 17.3 Å². The second-order valence-corrected chi connectivity index (χ2v) is 3.16. The van der Waals surface area contributed by atoms with Gasteiger partial charge in [0, 0.05) is 18.0 Å². The Morgan fingerprint density at radius 3 is 3.07 bits per heavy atom. The standard InChI is InChI=1S/C12H10N2/c1-13-8-6-10-4-5-11-3-2-7-14-12(11)9-10/h2-5,7,9H,6,8H2. The van der Waals surface area contributed by atoms with Crippen LogP contribution in [0.25, 0.3) is 15.7 Å². The maximum absolute atomic E-state index is 6.72. The zero-order valence-corrected chi connectivity index (χ0v) is 7.77. The molecule has 0 unspecified atom stereocenters. The van der Waals surface area contributed by atoms with Gasteiger partial charge in [-0.15, -0.1) is 0 Å². The lowest BCUT2D eigenvalue weighted by Gasteiger charge is -1.99. The largest absolute Gasteiger partial charge is 0.317 e. The van der Waals surface area contributed by atoms with E-state index in [9.17, 15) is 0 Å². The molecular formula is C12H10N2. The second-order valence-electron chi connectivity index (χ2n) is 3.16. The molecule has 0 spiro atoms. The Hall–Kier alpha value is -1.88. The summed E-state index contributed by atoms with van der Waals surface area (Å²) in [6.45, 7) is 7.28. The van der Waals surface area contributed by atoms with Crippen molar-refractivity contribution < 1.29 is 0 Å². The first-order valence-corrected chi connectivity index (χ1v) is 4.57. The summed E-state index contributed by atoms with van der Waals surface area (Å²) in [5.74, 6) is 0. The van der Waals surface area contributed by atoms with Crippen LogP contribution in [0.4, 0.5) is 0 Å². The number of pyridine rings is 1. The van der Waals surface area contributed by atoms with E-state index in [4.69, 9.17) is 6.57 Å². The minimum atomic E-state index is 0.554. The first-order chi connectivity index (χ1) is 6.90. The van der Waals surface area contributed by atoms with E-state index >= 15 is 0 Å². The Labute approximate surface area is 83.0 Å². The molecule has 0 atom stereocenters. The molecule has 0 amide bonds. The minimum absolute atomic E-state index is 0.554. The van der Waals surface area contributed by atoms with E-state index < -0.39 is 0 Å². The number of hydrogen-bond donors (Lipinski definition) is 0. The zero-order chi connectivity index (χ0) is 9.80. The molecule has 2 rings (SSSR count). The number of rotatable bonds is 2. The SMILES string of the molecule is [C-]#[N+]CCc1ccc2cccnc2c1. The third-order valence-electron chi connectivity index (χ3n) is 2.18. The van der Waals surface area contributed by atoms with Gasteiger partial charge in [-0.3, -0.25) is 4.98 Å². The highest BCUT2D eigenvalue weighted by molar-refractivity contribution is 5.78. The second kappa shape index (κ2) is 3.89. The van der Waals surface area contributed by atoms with Crippen LogP contribution in [0.5, 0.6) is 0 Å². The smallest absolute Gasteiger partial charge is 0.218 e. The average molecular weight is 182 g/mol. The van der Waals surface area contributed by atoms with Crippen molar-refractivity contribution in [3.8, 4) is 0 Å². The Morgan fingerprint density at radius 2 is 2.21 bits per heavy atom. The van der Waals surface area contributed by atoms with Gasteiger partial charge in [0.05, 0.1) is 5.52 Å². The molecule has 14 heavy (non-hydrogen) atoms. The van der Waals surface area contributed by atoms with Gasteiger partial charge in [-0.1, -0.05) is 18.2 Å². The van der Waals surface area contributed by atoms with Crippen molar-refractivity contribution in [2.24, 2.45) is 0 Å². The number of benzene rings is 1. The van der Waals surface area contributed by atoms with Gasteiger partial charge < -0.3 is 4.85 Å². The first-order valence-electron chi connectivity index (χ1n) is 4.57. The zero-order valence-electron chi connectivity index (χ0n) is 7.77. The maximum atomic E-state index is 6.72. The molecule has 0 aliphatic carbocycles. The van der Waals surface area contributed by atoms with Gasteiger partial charge in [-0.25, -0.2) is 6.57 Å². The predicted molar refractivity (Wildman–Crippen MR) is 56.9 cm³/mol. The Morgan fingerprint density at radius 1 is 1.29 bits per heavy atom. The van der Waals surface area contributed by atoms with Gasteiger partial charge in [0.2, 0.25) is 6.54 Å². The summed E-state index contributed by atoms with van der Waals surface area (Å²) < 4.78 is 0. The van der Waals surface area contributed by atoms with Gasteiger partial charge >= 0.3 is 0 Å². The number of aromatic nitrogens is 1. The Bertz CT molecular complexity index is 483. The van der Waals surface area contributed by atoms with Crippen LogP contribution in [0.15, 0.2) is 36.5 Å². The third kappa shape index (κ3) is 1.72. The van der Waals surface area contributed by atoms with Gasteiger partial charge in [0.1, 0.15) is 0 Å². The summed E-state index contributed by atoms with van der Waals surface area (Å²) in [5, 5.41) is 1.15. The average Bonchev–Trinajstić information content (AvgIpc) is 2.26. The molecule has 1 heterocycles. The van der Waals surface area contributed by atoms with Crippen LogP contribution in [-0.4, -0.2) is 11.5 Å². The molecule has 0 radical (unpaired) electrons. The van der Waals surface area contributed by atoms with E-state index in [1.807, 2.05) is 12.1 Å². The molecule has 0 bridgehead atoms. The van der Waals surface area contributed by atoms with Crippen molar-refractivity contribution in [2.45, 2.75) is 6.42 Å². The fourth-order valence-electron chi connectivity index (χ4n) is 1.45. The van der Waals surface area contributed by atoms with E-state index in [1.165, 1.54) is 5.56 Å². The highest BCUT2D eigenvalue weighted by atomic mass is 14.6. The molecule has 0 aliphatic heterocycles. The highest BCUT2D eigenvalue weighted by Crippen LogP contribution is 2.13. The predicted octanol–water partition coefficient (Wildman–Crippen LogP) is 2.70. The summed E-state index contributed by atoms with van der Waals surface area (Å²) in [4.78, 5) is 7.61. The van der Waals surface area contributed by atoms with Gasteiger partial charge in [0.15, 0.2) is 0 Å². The molecule has 0 fully saturated rings. The summed E-state index contributed by atoms with van der Waals surface area (Å²) in [6, 6.07) is 10.2. The van der Waals surface area contributed by atoms with Crippen molar-refractivity contribution in [3.63, 3.8) is 0 Å². The van der Waals surface area contributed by atoms with E-state index in [1.54, 1.807) is 6.20 Å². The molecular weight excluding hydrogens is 172 g/mol. The molecule has 68 valence electrons. The minimum Gasteiger partial charge on any atom is -0.317 e. The van der Waals surface area contributed by atoms with Crippen molar-refractivity contribution in [3.05, 3.63) is 53.5 Å². The van der Waals surface area contributed by atoms with Crippen LogP contribution < -0.4 is 0 Å². The Kier molecular flexibility index (Phi) is 2.42. The van der Waals surface area contributed by atoms with Gasteiger partial charge in [0.25, 0.3) is 0 Å². The molecule has 1 aromatic carbocycles. The van der Waals surface area contributed by atoms with Crippen LogP contribution >= 0.6 is 0 Å². The van der Waals surface area contributed by atoms with Crippen LogP contribution in [0, 0.1) is 6.57 Å². The topological polar surface area (TPSA) is 17.2 Å². The summed E-state index contributed by atoms with van der Waals surface area (Å²) in [6.07, 6.45) is 2.61. The van der Waals surface area contributed by atoms with Crippen molar-refractivity contribution in [2.75, 3.05) is 6.54 Å². The van der Waals surface area contributed by atoms with Crippen LogP contribution in [-0.2, 0) is 6.42 Å². The molecule has 1 aromatic heterocycles. The fraction of sp³-hybridized carbons (Fsp3) is 0.167. The molecule has 0 saturated heterocycles. The monoisotopic (exact) mass is 182 g/mol. The van der Waals surface area contributed by atoms with Crippen molar-refractivity contribution >= 4 is 10.9 Å². The fourth-order valence-corrected chi connectivity index (χ4v) is 1.45. The molecule has 0 saturated carbocycles. The first kappa shape index (κ1) is 8.71. The van der Waals surface area contributed by atoms with Crippen molar-refractivity contribution in [1.29, 1.82) is 0 Å². The molecule has 2 nitrogen and oxygen atoms in total. The molecule has 0 aliphatic rings. The number of nitrogens with zero attached hydrogens (tertiary/aromatic N) is 2. The lowest BCUT2D eigenvalue weighted by molar-refractivity contribution is 1.08. The van der Waals surface area contributed by atoms with Crippen molar-refractivity contribution in [1.82, 2.24) is 4.98 Å². The molecule has 2 heteroatoms. The maximum Gasteiger partial charge on any atom is 0.218 e. The number of hydrogen-bond acceptors (Lipinski definition) is 1. The van der Waals surface area contributed by atoms with Crippen LogP contribution in [0.3, 0.4) is 0 Å². The Balaban J connectivity index is 2.37. The molecule has 0 N–H and O–H groups in total. The summed E-state index contributed by atoms with van der Waals surface area (Å²) in [7, 11) is 0. The third-order valence-corrected chi connectivity index (χ3v) is 2.18. The lowest BCUT2D eigenvalue weighted by atomic mass is 10.1. The van der Waals surface area contributed by atoms with E-state index in [0.29, 0.717) is 6.54 Å².